The van der Waals surface area contributed by atoms with Crippen LogP contribution in [0.2, 0.25) is 0 Å². The summed E-state index contributed by atoms with van der Waals surface area (Å²) in [6.45, 7) is 8.00. The summed E-state index contributed by atoms with van der Waals surface area (Å²) < 4.78 is 33.0. The highest BCUT2D eigenvalue weighted by atomic mass is 32.2. The number of amides is 1. The number of hydrogen-bond donors (Lipinski definition) is 3. The van der Waals surface area contributed by atoms with Crippen LogP contribution in [-0.2, 0) is 14.8 Å². The van der Waals surface area contributed by atoms with Crippen molar-refractivity contribution in [3.63, 3.8) is 0 Å². The van der Waals surface area contributed by atoms with Crippen LogP contribution in [0.15, 0.2) is 47.4 Å². The molecule has 180 valence electrons. The Bertz CT molecular complexity index is 1310. The van der Waals surface area contributed by atoms with Crippen LogP contribution in [0.3, 0.4) is 0 Å². The number of morpholine rings is 1. The topological polar surface area (TPSA) is 125 Å². The molecule has 3 aromatic rings. The first-order valence-electron chi connectivity index (χ1n) is 11.0. The smallest absolute Gasteiger partial charge is 0.273 e. The van der Waals surface area contributed by atoms with Crippen molar-refractivity contribution in [2.24, 2.45) is 0 Å². The Balaban J connectivity index is 1.47. The van der Waals surface area contributed by atoms with Gasteiger partial charge in [-0.25, -0.2) is 8.42 Å². The lowest BCUT2D eigenvalue weighted by atomic mass is 10.0. The highest BCUT2D eigenvalue weighted by Gasteiger charge is 2.32. The van der Waals surface area contributed by atoms with Crippen molar-refractivity contribution < 1.29 is 23.1 Å². The molecule has 0 bridgehead atoms. The number of phenols is 1. The predicted molar refractivity (Wildman–Crippen MR) is 128 cm³/mol. The molecule has 2 heterocycles. The summed E-state index contributed by atoms with van der Waals surface area (Å²) in [5.41, 5.74) is 3.33. The van der Waals surface area contributed by atoms with E-state index in [9.17, 15) is 18.3 Å². The second kappa shape index (κ2) is 9.21. The Morgan fingerprint density at radius 2 is 1.76 bits per heavy atom. The monoisotopic (exact) mass is 484 g/mol. The SMILES string of the molecule is Cc1ccc(-c2cc(C(=O)Nc3ccc(S(=O)(=O)N4CC(C)OC(C)C4)cc3)[nH]n2)c(O)c1C. The predicted octanol–water partition coefficient (Wildman–Crippen LogP) is 3.45. The van der Waals surface area contributed by atoms with Crippen molar-refractivity contribution >= 4 is 21.6 Å². The van der Waals surface area contributed by atoms with Gasteiger partial charge < -0.3 is 15.2 Å². The summed E-state index contributed by atoms with van der Waals surface area (Å²) in [7, 11) is -3.66. The molecule has 1 aliphatic rings. The van der Waals surface area contributed by atoms with Gasteiger partial charge in [-0.1, -0.05) is 6.07 Å². The average molecular weight is 485 g/mol. The van der Waals surface area contributed by atoms with Gasteiger partial charge in [0.25, 0.3) is 5.91 Å². The fourth-order valence-electron chi connectivity index (χ4n) is 3.97. The number of sulfonamides is 1. The van der Waals surface area contributed by atoms with E-state index >= 15 is 0 Å². The zero-order valence-corrected chi connectivity index (χ0v) is 20.3. The van der Waals surface area contributed by atoms with Gasteiger partial charge in [0.2, 0.25) is 10.0 Å². The number of aryl methyl sites for hydroxylation is 1. The minimum absolute atomic E-state index is 0.124. The van der Waals surface area contributed by atoms with Crippen molar-refractivity contribution in [1.82, 2.24) is 14.5 Å². The molecule has 1 fully saturated rings. The molecule has 0 radical (unpaired) electrons. The molecule has 1 aliphatic heterocycles. The Morgan fingerprint density at radius 1 is 1.12 bits per heavy atom. The van der Waals surface area contributed by atoms with Crippen LogP contribution >= 0.6 is 0 Å². The minimum atomic E-state index is -3.66. The van der Waals surface area contributed by atoms with E-state index in [0.717, 1.165) is 11.1 Å². The van der Waals surface area contributed by atoms with Gasteiger partial charge in [0, 0.05) is 24.3 Å². The molecule has 34 heavy (non-hydrogen) atoms. The van der Waals surface area contributed by atoms with E-state index in [1.165, 1.54) is 16.4 Å². The molecule has 0 aliphatic carbocycles. The molecular formula is C24H28N4O5S. The lowest BCUT2D eigenvalue weighted by molar-refractivity contribution is -0.0440. The standard InChI is InChI=1S/C24H28N4O5S/c1-14-5-10-20(23(29)17(14)4)21-11-22(27-26-21)24(30)25-18-6-8-19(9-7-18)34(31,32)28-12-15(2)33-16(3)13-28/h5-11,15-16,29H,12-13H2,1-4H3,(H,25,30)(H,26,27). The van der Waals surface area contributed by atoms with Crippen molar-refractivity contribution in [1.29, 1.82) is 0 Å². The summed E-state index contributed by atoms with van der Waals surface area (Å²) >= 11 is 0. The summed E-state index contributed by atoms with van der Waals surface area (Å²) in [6, 6.07) is 11.2. The highest BCUT2D eigenvalue weighted by Crippen LogP contribution is 2.32. The van der Waals surface area contributed by atoms with Gasteiger partial charge in [0.15, 0.2) is 0 Å². The molecule has 1 aromatic heterocycles. The lowest BCUT2D eigenvalue weighted by Gasteiger charge is -2.34. The average Bonchev–Trinajstić information content (AvgIpc) is 3.27. The summed E-state index contributed by atoms with van der Waals surface area (Å²) in [6.07, 6.45) is -0.357. The van der Waals surface area contributed by atoms with Crippen molar-refractivity contribution in [2.45, 2.75) is 44.8 Å². The number of rotatable bonds is 5. The molecule has 2 unspecified atom stereocenters. The zero-order valence-electron chi connectivity index (χ0n) is 19.5. The van der Waals surface area contributed by atoms with Crippen LogP contribution in [0, 0.1) is 13.8 Å². The van der Waals surface area contributed by atoms with E-state index in [1.807, 2.05) is 33.8 Å². The van der Waals surface area contributed by atoms with Crippen LogP contribution in [0.4, 0.5) is 5.69 Å². The minimum Gasteiger partial charge on any atom is -0.507 e. The number of aromatic hydroxyl groups is 1. The number of H-pyrrole nitrogens is 1. The number of aromatic amines is 1. The normalized spacial score (nSPS) is 19.2. The molecule has 2 aromatic carbocycles. The number of phenolic OH excluding ortho intramolecular Hbond substituents is 1. The molecular weight excluding hydrogens is 456 g/mol. The van der Waals surface area contributed by atoms with Crippen LogP contribution in [-0.4, -0.2) is 59.2 Å². The third kappa shape index (κ3) is 4.70. The highest BCUT2D eigenvalue weighted by molar-refractivity contribution is 7.89. The number of aromatic nitrogens is 2. The van der Waals surface area contributed by atoms with Gasteiger partial charge in [0.05, 0.1) is 22.8 Å². The number of nitrogens with one attached hydrogen (secondary N) is 2. The van der Waals surface area contributed by atoms with Gasteiger partial charge in [-0.2, -0.15) is 9.40 Å². The number of hydrogen-bond acceptors (Lipinski definition) is 6. The first-order valence-corrected chi connectivity index (χ1v) is 12.4. The fraction of sp³-hybridized carbons (Fsp3) is 0.333. The van der Waals surface area contributed by atoms with Crippen molar-refractivity contribution in [3.8, 4) is 17.0 Å². The van der Waals surface area contributed by atoms with Crippen LogP contribution < -0.4 is 5.32 Å². The number of anilines is 1. The Hall–Kier alpha value is -3.21. The summed E-state index contributed by atoms with van der Waals surface area (Å²) in [4.78, 5) is 12.8. The lowest BCUT2D eigenvalue weighted by Crippen LogP contribution is -2.48. The maximum atomic E-state index is 13.0. The van der Waals surface area contributed by atoms with Gasteiger partial charge in [-0.05, 0) is 75.2 Å². The second-order valence-electron chi connectivity index (χ2n) is 8.63. The third-order valence-electron chi connectivity index (χ3n) is 5.94. The molecule has 0 spiro atoms. The Morgan fingerprint density at radius 3 is 2.41 bits per heavy atom. The third-order valence-corrected chi connectivity index (χ3v) is 7.78. The largest absolute Gasteiger partial charge is 0.507 e. The molecule has 3 N–H and O–H groups in total. The number of carbonyl (C=O) groups is 1. The van der Waals surface area contributed by atoms with Crippen LogP contribution in [0.25, 0.3) is 11.3 Å². The Kier molecular flexibility index (Phi) is 6.48. The van der Waals surface area contributed by atoms with Crippen LogP contribution in [0.5, 0.6) is 5.75 Å². The van der Waals surface area contributed by atoms with E-state index in [4.69, 9.17) is 4.74 Å². The number of nitrogens with zero attached hydrogens (tertiary/aromatic N) is 2. The molecule has 1 amide bonds. The molecule has 2 atom stereocenters. The Labute approximate surface area is 198 Å². The summed E-state index contributed by atoms with van der Waals surface area (Å²) in [5.74, 6) is -0.312. The van der Waals surface area contributed by atoms with Crippen molar-refractivity contribution in [2.75, 3.05) is 18.4 Å². The first kappa shape index (κ1) is 23.9. The van der Waals surface area contributed by atoms with Crippen molar-refractivity contribution in [3.05, 3.63) is 59.3 Å². The molecule has 0 saturated carbocycles. The van der Waals surface area contributed by atoms with E-state index in [-0.39, 0.29) is 28.5 Å². The summed E-state index contributed by atoms with van der Waals surface area (Å²) in [5, 5.41) is 20.0. The van der Waals surface area contributed by atoms with Gasteiger partial charge in [0.1, 0.15) is 11.4 Å². The molecule has 4 rings (SSSR count). The first-order chi connectivity index (χ1) is 16.1. The van der Waals surface area contributed by atoms with Crippen LogP contribution in [0.1, 0.15) is 35.5 Å². The molecule has 10 heteroatoms. The molecule has 9 nitrogen and oxygen atoms in total. The fourth-order valence-corrected chi connectivity index (χ4v) is 5.56. The maximum absolute atomic E-state index is 13.0. The van der Waals surface area contributed by atoms with Gasteiger partial charge in [-0.3, -0.25) is 9.89 Å². The van der Waals surface area contributed by atoms with E-state index in [0.29, 0.717) is 30.0 Å². The number of ether oxygens (including phenoxy) is 1. The maximum Gasteiger partial charge on any atom is 0.273 e. The zero-order chi connectivity index (χ0) is 24.6. The van der Waals surface area contributed by atoms with E-state index < -0.39 is 15.9 Å². The molecule has 1 saturated heterocycles. The van der Waals surface area contributed by atoms with E-state index in [1.54, 1.807) is 24.3 Å². The van der Waals surface area contributed by atoms with Gasteiger partial charge >= 0.3 is 0 Å². The van der Waals surface area contributed by atoms with Gasteiger partial charge in [-0.15, -0.1) is 0 Å². The second-order valence-corrected chi connectivity index (χ2v) is 10.6. The quantitative estimate of drug-likeness (QED) is 0.510. The van der Waals surface area contributed by atoms with E-state index in [2.05, 4.69) is 15.5 Å². The number of carbonyl (C=O) groups excluding carboxylic acids is 1. The number of benzene rings is 2.